The zero-order chi connectivity index (χ0) is 9.84. The molecule has 3 unspecified atom stereocenters. The molecule has 0 aromatic rings. The van der Waals surface area contributed by atoms with Crippen molar-refractivity contribution in [3.8, 4) is 0 Å². The van der Waals surface area contributed by atoms with Gasteiger partial charge in [0.15, 0.2) is 0 Å². The second-order valence-corrected chi connectivity index (χ2v) is 4.29. The van der Waals surface area contributed by atoms with E-state index in [0.717, 1.165) is 12.8 Å². The molecule has 1 heterocycles. The third kappa shape index (κ3) is 3.12. The van der Waals surface area contributed by atoms with Crippen LogP contribution in [0.4, 0.5) is 0 Å². The van der Waals surface area contributed by atoms with Gasteiger partial charge in [-0.05, 0) is 12.3 Å². The summed E-state index contributed by atoms with van der Waals surface area (Å²) in [5, 5.41) is 9.70. The summed E-state index contributed by atoms with van der Waals surface area (Å²) >= 11 is 0. The molecule has 0 aromatic carbocycles. The Morgan fingerprint density at radius 3 is 2.77 bits per heavy atom. The molecule has 0 radical (unpaired) electrons. The fourth-order valence-electron chi connectivity index (χ4n) is 1.79. The minimum Gasteiger partial charge on any atom is -0.392 e. The Morgan fingerprint density at radius 2 is 2.31 bits per heavy atom. The van der Waals surface area contributed by atoms with E-state index in [1.807, 2.05) is 0 Å². The third-order valence-corrected chi connectivity index (χ3v) is 2.56. The second-order valence-electron chi connectivity index (χ2n) is 4.29. The second kappa shape index (κ2) is 4.77. The van der Waals surface area contributed by atoms with Gasteiger partial charge in [0.25, 0.3) is 0 Å². The van der Waals surface area contributed by atoms with Gasteiger partial charge < -0.3 is 9.84 Å². The van der Waals surface area contributed by atoms with E-state index in [9.17, 15) is 5.11 Å². The monoisotopic (exact) mass is 184 g/mol. The summed E-state index contributed by atoms with van der Waals surface area (Å²) in [7, 11) is 0. The standard InChI is InChI=1S/C11H20O2/c1-4-9-7-13-10(5-8(2)3)6-11(9)12/h4,8-12H,1,5-7H2,2-3H3. The first kappa shape index (κ1) is 10.7. The summed E-state index contributed by atoms with van der Waals surface area (Å²) in [6, 6.07) is 0. The Balaban J connectivity index is 2.36. The van der Waals surface area contributed by atoms with E-state index in [1.165, 1.54) is 0 Å². The molecule has 0 aromatic heterocycles. The van der Waals surface area contributed by atoms with Gasteiger partial charge in [-0.1, -0.05) is 19.9 Å². The van der Waals surface area contributed by atoms with Gasteiger partial charge in [0.2, 0.25) is 0 Å². The molecule has 1 aliphatic heterocycles. The lowest BCUT2D eigenvalue weighted by Gasteiger charge is -2.32. The van der Waals surface area contributed by atoms with Crippen LogP contribution in [0.5, 0.6) is 0 Å². The minimum absolute atomic E-state index is 0.128. The van der Waals surface area contributed by atoms with Gasteiger partial charge in [0.1, 0.15) is 0 Å². The first-order valence-corrected chi connectivity index (χ1v) is 5.05. The van der Waals surface area contributed by atoms with Crippen LogP contribution in [0.25, 0.3) is 0 Å². The Bertz CT molecular complexity index is 165. The predicted octanol–water partition coefficient (Wildman–Crippen LogP) is 1.98. The Hall–Kier alpha value is -0.340. The van der Waals surface area contributed by atoms with Crippen LogP contribution in [0.15, 0.2) is 12.7 Å². The zero-order valence-corrected chi connectivity index (χ0v) is 8.57. The molecule has 13 heavy (non-hydrogen) atoms. The van der Waals surface area contributed by atoms with Crippen LogP contribution in [0.2, 0.25) is 0 Å². The quantitative estimate of drug-likeness (QED) is 0.680. The Labute approximate surface area is 80.6 Å². The molecule has 0 saturated carbocycles. The van der Waals surface area contributed by atoms with E-state index in [2.05, 4.69) is 20.4 Å². The highest BCUT2D eigenvalue weighted by molar-refractivity contribution is 4.89. The number of aliphatic hydroxyl groups is 1. The maximum Gasteiger partial charge on any atom is 0.0649 e. The molecule has 1 rings (SSSR count). The van der Waals surface area contributed by atoms with Crippen molar-refractivity contribution >= 4 is 0 Å². The molecule has 1 saturated heterocycles. The third-order valence-electron chi connectivity index (χ3n) is 2.56. The van der Waals surface area contributed by atoms with Gasteiger partial charge >= 0.3 is 0 Å². The number of hydrogen-bond donors (Lipinski definition) is 1. The number of ether oxygens (including phenoxy) is 1. The van der Waals surface area contributed by atoms with Gasteiger partial charge in [-0.2, -0.15) is 0 Å². The van der Waals surface area contributed by atoms with Crippen LogP contribution in [0.3, 0.4) is 0 Å². The van der Waals surface area contributed by atoms with Crippen LogP contribution in [0, 0.1) is 11.8 Å². The van der Waals surface area contributed by atoms with Crippen molar-refractivity contribution in [2.75, 3.05) is 6.61 Å². The lowest BCUT2D eigenvalue weighted by molar-refractivity contribution is -0.0751. The molecule has 1 fully saturated rings. The lowest BCUT2D eigenvalue weighted by Crippen LogP contribution is -2.36. The fraction of sp³-hybridized carbons (Fsp3) is 0.818. The normalized spacial score (nSPS) is 34.9. The summed E-state index contributed by atoms with van der Waals surface area (Å²) in [6.07, 6.45) is 3.58. The summed E-state index contributed by atoms with van der Waals surface area (Å²) < 4.78 is 5.63. The number of hydrogen-bond acceptors (Lipinski definition) is 2. The van der Waals surface area contributed by atoms with Crippen molar-refractivity contribution in [3.63, 3.8) is 0 Å². The van der Waals surface area contributed by atoms with Gasteiger partial charge in [0.05, 0.1) is 18.8 Å². The molecule has 2 nitrogen and oxygen atoms in total. The molecule has 76 valence electrons. The van der Waals surface area contributed by atoms with E-state index in [1.54, 1.807) is 6.08 Å². The van der Waals surface area contributed by atoms with Crippen LogP contribution >= 0.6 is 0 Å². The maximum atomic E-state index is 9.70. The van der Waals surface area contributed by atoms with E-state index in [0.29, 0.717) is 12.5 Å². The highest BCUT2D eigenvalue weighted by atomic mass is 16.5. The van der Waals surface area contributed by atoms with Crippen LogP contribution in [-0.2, 0) is 4.74 Å². The van der Waals surface area contributed by atoms with Crippen molar-refractivity contribution in [1.82, 2.24) is 0 Å². The summed E-state index contributed by atoms with van der Waals surface area (Å²) in [4.78, 5) is 0. The van der Waals surface area contributed by atoms with Crippen molar-refractivity contribution in [3.05, 3.63) is 12.7 Å². The molecule has 0 bridgehead atoms. The average molecular weight is 184 g/mol. The summed E-state index contributed by atoms with van der Waals surface area (Å²) in [5.74, 6) is 0.765. The summed E-state index contributed by atoms with van der Waals surface area (Å²) in [6.45, 7) is 8.66. The van der Waals surface area contributed by atoms with E-state index >= 15 is 0 Å². The highest BCUT2D eigenvalue weighted by Gasteiger charge is 2.27. The molecule has 2 heteroatoms. The number of aliphatic hydroxyl groups excluding tert-OH is 1. The van der Waals surface area contributed by atoms with Crippen LogP contribution < -0.4 is 0 Å². The van der Waals surface area contributed by atoms with Crippen molar-refractivity contribution in [2.45, 2.75) is 38.9 Å². The van der Waals surface area contributed by atoms with Crippen molar-refractivity contribution < 1.29 is 9.84 Å². The largest absolute Gasteiger partial charge is 0.392 e. The van der Waals surface area contributed by atoms with Gasteiger partial charge in [0, 0.05) is 12.3 Å². The van der Waals surface area contributed by atoms with Crippen LogP contribution in [0.1, 0.15) is 26.7 Å². The molecule has 1 N–H and O–H groups in total. The van der Waals surface area contributed by atoms with Crippen molar-refractivity contribution in [1.29, 1.82) is 0 Å². The summed E-state index contributed by atoms with van der Waals surface area (Å²) in [5.41, 5.74) is 0. The lowest BCUT2D eigenvalue weighted by atomic mass is 9.91. The predicted molar refractivity (Wildman–Crippen MR) is 53.5 cm³/mol. The van der Waals surface area contributed by atoms with Gasteiger partial charge in [-0.3, -0.25) is 0 Å². The molecule has 0 amide bonds. The molecule has 0 spiro atoms. The molecular formula is C11H20O2. The molecule has 1 aliphatic rings. The Morgan fingerprint density at radius 1 is 1.62 bits per heavy atom. The SMILES string of the molecule is C=CC1COC(CC(C)C)CC1O. The molecule has 3 atom stereocenters. The Kier molecular flexibility index (Phi) is 3.94. The first-order chi connectivity index (χ1) is 6.13. The van der Waals surface area contributed by atoms with E-state index < -0.39 is 0 Å². The average Bonchev–Trinajstić information content (AvgIpc) is 2.03. The van der Waals surface area contributed by atoms with Gasteiger partial charge in [-0.15, -0.1) is 6.58 Å². The van der Waals surface area contributed by atoms with Gasteiger partial charge in [-0.25, -0.2) is 0 Å². The van der Waals surface area contributed by atoms with Crippen LogP contribution in [-0.4, -0.2) is 23.9 Å². The first-order valence-electron chi connectivity index (χ1n) is 5.05. The molecular weight excluding hydrogens is 164 g/mol. The van der Waals surface area contributed by atoms with E-state index in [4.69, 9.17) is 4.74 Å². The fourth-order valence-corrected chi connectivity index (χ4v) is 1.79. The highest BCUT2D eigenvalue weighted by Crippen LogP contribution is 2.24. The van der Waals surface area contributed by atoms with E-state index in [-0.39, 0.29) is 18.1 Å². The zero-order valence-electron chi connectivity index (χ0n) is 8.57. The topological polar surface area (TPSA) is 29.5 Å². The number of rotatable bonds is 3. The smallest absolute Gasteiger partial charge is 0.0649 e. The molecule has 0 aliphatic carbocycles. The van der Waals surface area contributed by atoms with Crippen molar-refractivity contribution in [2.24, 2.45) is 11.8 Å². The minimum atomic E-state index is -0.255. The maximum absolute atomic E-state index is 9.70.